The zero-order chi connectivity index (χ0) is 27.2. The Morgan fingerprint density at radius 2 is 1.95 bits per heavy atom. The molecule has 0 radical (unpaired) electrons. The number of nitrogens with one attached hydrogen (secondary N) is 2. The molecule has 8 nitrogen and oxygen atoms in total. The van der Waals surface area contributed by atoms with Crippen LogP contribution in [0.3, 0.4) is 0 Å². The maximum absolute atomic E-state index is 15.1. The van der Waals surface area contributed by atoms with Gasteiger partial charge in [0.15, 0.2) is 0 Å². The third-order valence-corrected chi connectivity index (χ3v) is 7.47. The fraction of sp³-hybridized carbons (Fsp3) is 0.448. The van der Waals surface area contributed by atoms with Crippen molar-refractivity contribution in [2.45, 2.75) is 76.6 Å². The van der Waals surface area contributed by atoms with Crippen molar-refractivity contribution in [3.05, 3.63) is 53.3 Å². The molecule has 0 spiro atoms. The smallest absolute Gasteiger partial charge is 0.411 e. The number of likely N-dealkylation sites (tertiary alicyclic amines) is 1. The Morgan fingerprint density at radius 3 is 2.66 bits per heavy atom. The van der Waals surface area contributed by atoms with Gasteiger partial charge in [-0.25, -0.2) is 9.18 Å². The van der Waals surface area contributed by atoms with E-state index in [0.29, 0.717) is 17.5 Å². The average Bonchev–Trinajstić information content (AvgIpc) is 3.56. The number of carbonyl (C=O) groups is 3. The summed E-state index contributed by atoms with van der Waals surface area (Å²) in [5.74, 6) is -0.946. The lowest BCUT2D eigenvalue weighted by Crippen LogP contribution is -2.55. The summed E-state index contributed by atoms with van der Waals surface area (Å²) in [6.07, 6.45) is 2.15. The second-order valence-corrected chi connectivity index (χ2v) is 11.4. The number of hydrogen-bond donors (Lipinski definition) is 2. The lowest BCUT2D eigenvalue weighted by molar-refractivity contribution is -0.128. The summed E-state index contributed by atoms with van der Waals surface area (Å²) in [4.78, 5) is 39.3. The summed E-state index contributed by atoms with van der Waals surface area (Å²) in [7, 11) is 0. The highest BCUT2D eigenvalue weighted by atomic mass is 19.1. The van der Waals surface area contributed by atoms with E-state index >= 15 is 4.39 Å². The summed E-state index contributed by atoms with van der Waals surface area (Å²) >= 11 is 0. The summed E-state index contributed by atoms with van der Waals surface area (Å²) < 4.78 is 20.6. The number of nitrogens with zero attached hydrogens (tertiary/aromatic N) is 2. The van der Waals surface area contributed by atoms with Crippen molar-refractivity contribution in [2.75, 3.05) is 5.32 Å². The number of benzene rings is 2. The molecule has 3 aliphatic rings. The molecule has 1 saturated carbocycles. The van der Waals surface area contributed by atoms with E-state index < -0.39 is 35.5 Å². The minimum Gasteiger partial charge on any atom is -0.444 e. The quantitative estimate of drug-likeness (QED) is 0.612. The van der Waals surface area contributed by atoms with E-state index in [2.05, 4.69) is 16.7 Å². The van der Waals surface area contributed by atoms with E-state index in [-0.39, 0.29) is 24.3 Å². The number of carbonyl (C=O) groups excluding carboxylic acids is 3. The average molecular weight is 519 g/mol. The highest BCUT2D eigenvalue weighted by Gasteiger charge is 2.52. The van der Waals surface area contributed by atoms with Crippen LogP contribution in [0.1, 0.15) is 51.2 Å². The molecule has 3 amide bonds. The summed E-state index contributed by atoms with van der Waals surface area (Å²) in [6, 6.07) is 10.6. The third kappa shape index (κ3) is 5.08. The highest BCUT2D eigenvalue weighted by molar-refractivity contribution is 5.99. The minimum atomic E-state index is -0.959. The molecule has 1 aliphatic carbocycles. The van der Waals surface area contributed by atoms with Gasteiger partial charge in [0.25, 0.3) is 0 Å². The maximum Gasteiger partial charge on any atom is 0.411 e. The number of halogens is 1. The van der Waals surface area contributed by atoms with Crippen molar-refractivity contribution in [2.24, 2.45) is 5.92 Å². The van der Waals surface area contributed by atoms with Crippen LogP contribution in [0, 0.1) is 23.1 Å². The molecule has 0 aromatic heterocycles. The number of nitriles is 1. The second kappa shape index (κ2) is 9.75. The van der Waals surface area contributed by atoms with Crippen molar-refractivity contribution < 1.29 is 23.5 Å². The molecule has 2 aromatic carbocycles. The minimum absolute atomic E-state index is 0.00971. The molecule has 9 heteroatoms. The van der Waals surface area contributed by atoms with Gasteiger partial charge in [-0.2, -0.15) is 5.26 Å². The van der Waals surface area contributed by atoms with Crippen LogP contribution < -0.4 is 10.6 Å². The monoisotopic (exact) mass is 518 g/mol. The molecule has 1 saturated heterocycles. The van der Waals surface area contributed by atoms with Crippen molar-refractivity contribution >= 4 is 23.6 Å². The molecule has 2 fully saturated rings. The van der Waals surface area contributed by atoms with Crippen molar-refractivity contribution in [1.82, 2.24) is 10.2 Å². The fourth-order valence-electron chi connectivity index (χ4n) is 5.81. The predicted octanol–water partition coefficient (Wildman–Crippen LogP) is 4.33. The van der Waals surface area contributed by atoms with Crippen LogP contribution in [0.2, 0.25) is 0 Å². The first kappa shape index (κ1) is 25.7. The van der Waals surface area contributed by atoms with Gasteiger partial charge in [-0.3, -0.25) is 14.5 Å². The number of ether oxygens (including phenoxy) is 1. The van der Waals surface area contributed by atoms with Gasteiger partial charge in [0.05, 0.1) is 12.5 Å². The molecule has 4 atom stereocenters. The second-order valence-electron chi connectivity index (χ2n) is 11.4. The molecular weight excluding hydrogens is 487 g/mol. The zero-order valence-electron chi connectivity index (χ0n) is 21.7. The van der Waals surface area contributed by atoms with Crippen LogP contribution in [0.4, 0.5) is 14.9 Å². The Hall–Kier alpha value is -3.93. The fourth-order valence-corrected chi connectivity index (χ4v) is 5.81. The van der Waals surface area contributed by atoms with E-state index in [4.69, 9.17) is 4.74 Å². The molecular formula is C29H31FN4O4. The molecule has 2 bridgehead atoms. The van der Waals surface area contributed by atoms with Gasteiger partial charge in [0.2, 0.25) is 11.8 Å². The Kier molecular flexibility index (Phi) is 6.59. The maximum atomic E-state index is 15.1. The van der Waals surface area contributed by atoms with E-state index in [1.165, 1.54) is 11.0 Å². The largest absolute Gasteiger partial charge is 0.444 e. The SMILES string of the molecule is CC(C)(C)OC(=O)N1[C@@H]2CCC(C2)[C@H]1C(=O)NC(C#N)Cc1ccc(-c2ccc3c(c2)CC(=O)N3)cc1F. The number of piperidine rings is 1. The summed E-state index contributed by atoms with van der Waals surface area (Å²) in [5, 5.41) is 15.3. The van der Waals surface area contributed by atoms with Crippen molar-refractivity contribution in [3.8, 4) is 17.2 Å². The number of hydrogen-bond acceptors (Lipinski definition) is 5. The first-order chi connectivity index (χ1) is 18.0. The Bertz CT molecular complexity index is 1350. The van der Waals surface area contributed by atoms with Gasteiger partial charge < -0.3 is 15.4 Å². The van der Waals surface area contributed by atoms with Crippen LogP contribution in [0.15, 0.2) is 36.4 Å². The zero-order valence-corrected chi connectivity index (χ0v) is 21.7. The predicted molar refractivity (Wildman–Crippen MR) is 138 cm³/mol. The number of amides is 3. The molecule has 2 unspecified atom stereocenters. The van der Waals surface area contributed by atoms with Gasteiger partial charge >= 0.3 is 6.09 Å². The Labute approximate surface area is 221 Å². The van der Waals surface area contributed by atoms with Crippen LogP contribution in [-0.2, 0) is 27.2 Å². The van der Waals surface area contributed by atoms with Gasteiger partial charge in [0, 0.05) is 18.2 Å². The van der Waals surface area contributed by atoms with E-state index in [1.54, 1.807) is 39.0 Å². The van der Waals surface area contributed by atoms with Crippen LogP contribution in [-0.4, -0.2) is 46.5 Å². The van der Waals surface area contributed by atoms with Crippen molar-refractivity contribution in [3.63, 3.8) is 0 Å². The van der Waals surface area contributed by atoms with E-state index in [9.17, 15) is 19.6 Å². The molecule has 198 valence electrons. The number of fused-ring (bicyclic) bond motifs is 3. The molecule has 2 aromatic rings. The Balaban J connectivity index is 1.27. The molecule has 38 heavy (non-hydrogen) atoms. The standard InChI is InChI=1S/C29H31FN4O4/c1-29(2,3)38-28(37)34-22-8-6-19(12-22)26(34)27(36)32-21(15-31)11-18-5-4-17(13-23(18)30)16-7-9-24-20(10-16)14-25(35)33-24/h4-5,7,9-10,13,19,21-22,26H,6,8,11-12,14H2,1-3H3,(H,32,36)(H,33,35)/t19?,21?,22-,26+/m1/s1. The van der Waals surface area contributed by atoms with Crippen LogP contribution in [0.25, 0.3) is 11.1 Å². The van der Waals surface area contributed by atoms with Gasteiger partial charge in [-0.1, -0.05) is 18.2 Å². The molecule has 5 rings (SSSR count). The lowest BCUT2D eigenvalue weighted by Gasteiger charge is -2.35. The Morgan fingerprint density at radius 1 is 1.21 bits per heavy atom. The van der Waals surface area contributed by atoms with Gasteiger partial charge in [0.1, 0.15) is 23.5 Å². The first-order valence-corrected chi connectivity index (χ1v) is 13.0. The summed E-state index contributed by atoms with van der Waals surface area (Å²) in [6.45, 7) is 5.34. The molecule has 2 heterocycles. The number of anilines is 1. The topological polar surface area (TPSA) is 112 Å². The molecule has 2 aliphatic heterocycles. The van der Waals surface area contributed by atoms with E-state index in [0.717, 1.165) is 36.1 Å². The lowest BCUT2D eigenvalue weighted by atomic mass is 9.96. The van der Waals surface area contributed by atoms with E-state index in [1.807, 2.05) is 12.1 Å². The third-order valence-electron chi connectivity index (χ3n) is 7.47. The highest BCUT2D eigenvalue weighted by Crippen LogP contribution is 2.43. The van der Waals surface area contributed by atoms with Crippen LogP contribution >= 0.6 is 0 Å². The van der Waals surface area contributed by atoms with Gasteiger partial charge in [-0.15, -0.1) is 0 Å². The van der Waals surface area contributed by atoms with Gasteiger partial charge in [-0.05, 0) is 86.4 Å². The van der Waals surface area contributed by atoms with Crippen molar-refractivity contribution in [1.29, 1.82) is 5.26 Å². The first-order valence-electron chi connectivity index (χ1n) is 13.0. The van der Waals surface area contributed by atoms with Crippen LogP contribution in [0.5, 0.6) is 0 Å². The molecule has 2 N–H and O–H groups in total. The summed E-state index contributed by atoms with van der Waals surface area (Å²) in [5.41, 5.74) is 2.69. The number of rotatable bonds is 5. The normalized spacial score (nSPS) is 22.4.